The third-order valence-electron chi connectivity index (χ3n) is 4.01. The first-order chi connectivity index (χ1) is 9.74. The zero-order valence-corrected chi connectivity index (χ0v) is 12.2. The number of hydrogen-bond donors (Lipinski definition) is 1. The van der Waals surface area contributed by atoms with E-state index in [2.05, 4.69) is 23.7 Å². The maximum absolute atomic E-state index is 14.1. The molecule has 0 aromatic heterocycles. The molecule has 0 aliphatic heterocycles. The van der Waals surface area contributed by atoms with Gasteiger partial charge in [-0.15, -0.1) is 0 Å². The maximum Gasteiger partial charge on any atom is 0.128 e. The van der Waals surface area contributed by atoms with Crippen molar-refractivity contribution in [2.45, 2.75) is 45.2 Å². The van der Waals surface area contributed by atoms with Crippen LogP contribution in [0.2, 0.25) is 0 Å². The van der Waals surface area contributed by atoms with Crippen molar-refractivity contribution in [1.29, 1.82) is 0 Å². The molecule has 1 fully saturated rings. The molecular weight excluding hydrogens is 251 g/mol. The molecule has 1 aromatic rings. The lowest BCUT2D eigenvalue weighted by Gasteiger charge is -2.27. The summed E-state index contributed by atoms with van der Waals surface area (Å²) in [6.07, 6.45) is 5.10. The monoisotopic (exact) mass is 274 g/mol. The second-order valence-electron chi connectivity index (χ2n) is 5.31. The molecule has 2 nitrogen and oxygen atoms in total. The number of hydrogen-bond acceptors (Lipinski definition) is 2. The predicted molar refractivity (Wildman–Crippen MR) is 80.7 cm³/mol. The number of nitrogens with two attached hydrogens (primary N) is 1. The molecule has 1 saturated carbocycles. The average molecular weight is 274 g/mol. The fourth-order valence-corrected chi connectivity index (χ4v) is 2.89. The first kappa shape index (κ1) is 15.0. The highest BCUT2D eigenvalue weighted by atomic mass is 19.1. The van der Waals surface area contributed by atoms with Crippen molar-refractivity contribution in [1.82, 2.24) is 4.90 Å². The van der Waals surface area contributed by atoms with Crippen LogP contribution in [0, 0.1) is 17.7 Å². The van der Waals surface area contributed by atoms with E-state index in [-0.39, 0.29) is 5.82 Å². The Morgan fingerprint density at radius 3 is 2.70 bits per heavy atom. The fraction of sp³-hybridized carbons (Fsp3) is 0.529. The number of benzene rings is 1. The van der Waals surface area contributed by atoms with Crippen LogP contribution in [0.1, 0.15) is 43.7 Å². The van der Waals surface area contributed by atoms with E-state index in [0.717, 1.165) is 12.1 Å². The number of halogens is 1. The molecule has 1 aromatic carbocycles. The molecular formula is C17H23FN2. The van der Waals surface area contributed by atoms with E-state index in [4.69, 9.17) is 5.73 Å². The molecule has 108 valence electrons. The van der Waals surface area contributed by atoms with Crippen molar-refractivity contribution in [2.24, 2.45) is 5.73 Å². The topological polar surface area (TPSA) is 29.3 Å². The van der Waals surface area contributed by atoms with Gasteiger partial charge in [-0.25, -0.2) is 4.39 Å². The lowest BCUT2D eigenvalue weighted by molar-refractivity contribution is 0.198. The SMILES string of the molecule is CCN(Cc1ccc(C#CCN)cc1F)C1CCCC1. The Morgan fingerprint density at radius 2 is 2.10 bits per heavy atom. The van der Waals surface area contributed by atoms with Gasteiger partial charge in [0.2, 0.25) is 0 Å². The van der Waals surface area contributed by atoms with Crippen LogP contribution < -0.4 is 5.73 Å². The molecule has 2 N–H and O–H groups in total. The average Bonchev–Trinajstić information content (AvgIpc) is 2.98. The van der Waals surface area contributed by atoms with Crippen LogP contribution in [0.3, 0.4) is 0 Å². The summed E-state index contributed by atoms with van der Waals surface area (Å²) < 4.78 is 14.1. The molecule has 0 heterocycles. The molecule has 0 amide bonds. The number of rotatable bonds is 4. The quantitative estimate of drug-likeness (QED) is 0.855. The fourth-order valence-electron chi connectivity index (χ4n) is 2.89. The van der Waals surface area contributed by atoms with Crippen molar-refractivity contribution in [2.75, 3.05) is 13.1 Å². The third-order valence-corrected chi connectivity index (χ3v) is 4.01. The Hall–Kier alpha value is -1.37. The molecule has 1 aliphatic carbocycles. The van der Waals surface area contributed by atoms with E-state index in [1.807, 2.05) is 12.1 Å². The summed E-state index contributed by atoms with van der Waals surface area (Å²) in [4.78, 5) is 2.39. The Balaban J connectivity index is 2.08. The Kier molecular flexibility index (Phi) is 5.58. The molecule has 0 atom stereocenters. The van der Waals surface area contributed by atoms with Crippen molar-refractivity contribution in [3.05, 3.63) is 35.1 Å². The lowest BCUT2D eigenvalue weighted by Crippen LogP contribution is -2.32. The van der Waals surface area contributed by atoms with E-state index < -0.39 is 0 Å². The maximum atomic E-state index is 14.1. The summed E-state index contributed by atoms with van der Waals surface area (Å²) in [5, 5.41) is 0. The highest BCUT2D eigenvalue weighted by Gasteiger charge is 2.22. The predicted octanol–water partition coefficient (Wildman–Crippen LogP) is 2.90. The van der Waals surface area contributed by atoms with Crippen LogP contribution in [0.25, 0.3) is 0 Å². The molecule has 20 heavy (non-hydrogen) atoms. The molecule has 0 radical (unpaired) electrons. The second-order valence-corrected chi connectivity index (χ2v) is 5.31. The zero-order valence-electron chi connectivity index (χ0n) is 12.2. The van der Waals surface area contributed by atoms with Crippen LogP contribution in [0.15, 0.2) is 18.2 Å². The normalized spacial score (nSPS) is 15.4. The molecule has 0 saturated heterocycles. The van der Waals surface area contributed by atoms with E-state index in [0.29, 0.717) is 24.7 Å². The van der Waals surface area contributed by atoms with Gasteiger partial charge >= 0.3 is 0 Å². The Bertz CT molecular complexity index is 495. The van der Waals surface area contributed by atoms with Gasteiger partial charge in [0.15, 0.2) is 0 Å². The number of nitrogens with zero attached hydrogens (tertiary/aromatic N) is 1. The van der Waals surface area contributed by atoms with Gasteiger partial charge in [0.1, 0.15) is 5.82 Å². The summed E-state index contributed by atoms with van der Waals surface area (Å²) in [5.74, 6) is 5.45. The standard InChI is InChI=1S/C17H23FN2/c1-2-20(16-7-3-4-8-16)13-15-10-9-14(6-5-11-19)12-17(15)18/h9-10,12,16H,2-4,7-8,11,13,19H2,1H3. The smallest absolute Gasteiger partial charge is 0.128 e. The summed E-state index contributed by atoms with van der Waals surface area (Å²) >= 11 is 0. The van der Waals surface area contributed by atoms with Crippen molar-refractivity contribution in [3.8, 4) is 11.8 Å². The van der Waals surface area contributed by atoms with Gasteiger partial charge in [0.25, 0.3) is 0 Å². The minimum Gasteiger partial charge on any atom is -0.320 e. The van der Waals surface area contributed by atoms with Gasteiger partial charge in [-0.05, 0) is 31.5 Å². The van der Waals surface area contributed by atoms with Crippen LogP contribution >= 0.6 is 0 Å². The van der Waals surface area contributed by atoms with Crippen LogP contribution in [0.4, 0.5) is 4.39 Å². The first-order valence-electron chi connectivity index (χ1n) is 7.46. The highest BCUT2D eigenvalue weighted by molar-refractivity contribution is 5.37. The van der Waals surface area contributed by atoms with Crippen molar-refractivity contribution >= 4 is 0 Å². The molecule has 0 spiro atoms. The van der Waals surface area contributed by atoms with E-state index in [9.17, 15) is 4.39 Å². The third kappa shape index (κ3) is 3.82. The van der Waals surface area contributed by atoms with Gasteiger partial charge in [-0.3, -0.25) is 4.90 Å². The minimum atomic E-state index is -0.162. The lowest BCUT2D eigenvalue weighted by atomic mass is 10.1. The molecule has 2 rings (SSSR count). The summed E-state index contributed by atoms with van der Waals surface area (Å²) in [7, 11) is 0. The highest BCUT2D eigenvalue weighted by Crippen LogP contribution is 2.25. The summed E-state index contributed by atoms with van der Waals surface area (Å²) in [6, 6.07) is 5.87. The minimum absolute atomic E-state index is 0.162. The van der Waals surface area contributed by atoms with Crippen LogP contribution in [-0.2, 0) is 6.54 Å². The van der Waals surface area contributed by atoms with Crippen molar-refractivity contribution < 1.29 is 4.39 Å². The summed E-state index contributed by atoms with van der Waals surface area (Å²) in [6.45, 7) is 4.11. The second kappa shape index (κ2) is 7.42. The Labute approximate surface area is 121 Å². The van der Waals surface area contributed by atoms with Crippen LogP contribution in [0.5, 0.6) is 0 Å². The van der Waals surface area contributed by atoms with E-state index in [1.165, 1.54) is 31.7 Å². The van der Waals surface area contributed by atoms with E-state index >= 15 is 0 Å². The van der Waals surface area contributed by atoms with E-state index in [1.54, 1.807) is 0 Å². The molecule has 0 bridgehead atoms. The zero-order chi connectivity index (χ0) is 14.4. The molecule has 1 aliphatic rings. The van der Waals surface area contributed by atoms with Gasteiger partial charge in [0, 0.05) is 23.7 Å². The largest absolute Gasteiger partial charge is 0.320 e. The molecule has 3 heteroatoms. The van der Waals surface area contributed by atoms with Crippen LogP contribution in [-0.4, -0.2) is 24.0 Å². The molecule has 0 unspecified atom stereocenters. The van der Waals surface area contributed by atoms with Gasteiger partial charge in [0.05, 0.1) is 6.54 Å². The summed E-state index contributed by atoms with van der Waals surface area (Å²) in [5.41, 5.74) is 6.78. The van der Waals surface area contributed by atoms with Gasteiger partial charge < -0.3 is 5.73 Å². The van der Waals surface area contributed by atoms with Gasteiger partial charge in [-0.1, -0.05) is 37.7 Å². The van der Waals surface area contributed by atoms with Gasteiger partial charge in [-0.2, -0.15) is 0 Å². The Morgan fingerprint density at radius 1 is 1.35 bits per heavy atom. The first-order valence-corrected chi connectivity index (χ1v) is 7.46. The van der Waals surface area contributed by atoms with Crippen molar-refractivity contribution in [3.63, 3.8) is 0 Å².